The molecule has 1 amide bonds. The topological polar surface area (TPSA) is 95.9 Å². The molecule has 1 aromatic carbocycles. The Bertz CT molecular complexity index is 562. The number of carboxylic acids is 1. The summed E-state index contributed by atoms with van der Waals surface area (Å²) in [6.07, 6.45) is 0. The lowest BCUT2D eigenvalue weighted by molar-refractivity contribution is -0.148. The molecule has 0 spiro atoms. The number of aliphatic carboxylic acids is 1. The third-order valence-corrected chi connectivity index (χ3v) is 4.12. The molecule has 2 unspecified atom stereocenters. The Morgan fingerprint density at radius 2 is 2.20 bits per heavy atom. The first-order valence-electron chi connectivity index (χ1n) is 5.95. The monoisotopic (exact) mass is 391 g/mol. The number of ether oxygens (including phenoxy) is 1. The normalized spacial score (nSPS) is 25.4. The van der Waals surface area contributed by atoms with Gasteiger partial charge < -0.3 is 20.3 Å². The van der Waals surface area contributed by atoms with Gasteiger partial charge in [-0.15, -0.1) is 0 Å². The van der Waals surface area contributed by atoms with Gasteiger partial charge in [0, 0.05) is 3.57 Å². The molecular formula is C13H14INO5. The number of phenols is 1. The highest BCUT2D eigenvalue weighted by molar-refractivity contribution is 14.1. The molecule has 108 valence electrons. The highest BCUT2D eigenvalue weighted by Gasteiger charge is 2.47. The van der Waals surface area contributed by atoms with Gasteiger partial charge in [-0.1, -0.05) is 0 Å². The second kappa shape index (κ2) is 5.57. The van der Waals surface area contributed by atoms with E-state index in [1.165, 1.54) is 13.0 Å². The smallest absolute Gasteiger partial charge is 0.313 e. The van der Waals surface area contributed by atoms with Gasteiger partial charge in [-0.2, -0.15) is 0 Å². The van der Waals surface area contributed by atoms with E-state index in [0.717, 1.165) is 3.57 Å². The molecule has 6 nitrogen and oxygen atoms in total. The van der Waals surface area contributed by atoms with E-state index >= 15 is 0 Å². The minimum Gasteiger partial charge on any atom is -0.507 e. The third kappa shape index (κ3) is 2.73. The van der Waals surface area contributed by atoms with Gasteiger partial charge in [-0.25, -0.2) is 0 Å². The fourth-order valence-electron chi connectivity index (χ4n) is 2.01. The second-order valence-corrected chi connectivity index (χ2v) is 6.17. The van der Waals surface area contributed by atoms with Gasteiger partial charge in [0.15, 0.2) is 0 Å². The number of halogens is 1. The highest BCUT2D eigenvalue weighted by Crippen LogP contribution is 2.29. The molecule has 2 rings (SSSR count). The number of hydrogen-bond donors (Lipinski definition) is 3. The van der Waals surface area contributed by atoms with Gasteiger partial charge in [0.05, 0.1) is 24.8 Å². The number of carbonyl (C=O) groups excluding carboxylic acids is 1. The Labute approximate surface area is 129 Å². The van der Waals surface area contributed by atoms with Crippen molar-refractivity contribution >= 4 is 34.5 Å². The largest absolute Gasteiger partial charge is 0.507 e. The Morgan fingerprint density at radius 1 is 1.50 bits per heavy atom. The Morgan fingerprint density at radius 3 is 2.85 bits per heavy atom. The molecule has 0 bridgehead atoms. The van der Waals surface area contributed by atoms with E-state index in [0.29, 0.717) is 0 Å². The number of benzene rings is 1. The van der Waals surface area contributed by atoms with E-state index in [-0.39, 0.29) is 24.5 Å². The zero-order valence-electron chi connectivity index (χ0n) is 10.7. The van der Waals surface area contributed by atoms with Crippen LogP contribution in [0.3, 0.4) is 0 Å². The van der Waals surface area contributed by atoms with Crippen molar-refractivity contribution in [3.8, 4) is 5.75 Å². The number of nitrogens with one attached hydrogen (secondary N) is 1. The Kier molecular flexibility index (Phi) is 4.19. The number of carboxylic acid groups (broad SMARTS) is 1. The van der Waals surface area contributed by atoms with Crippen LogP contribution in [0, 0.1) is 8.99 Å². The van der Waals surface area contributed by atoms with E-state index in [1.54, 1.807) is 12.1 Å². The van der Waals surface area contributed by atoms with Crippen molar-refractivity contribution in [3.63, 3.8) is 0 Å². The standard InChI is InChI=1S/C13H14INO5/c1-13(12(18)19)6-20-5-10(13)15-11(17)8-4-7(14)2-3-9(8)16/h2-4,10,16H,5-6H2,1H3,(H,15,17)(H,18,19). The van der Waals surface area contributed by atoms with Gasteiger partial charge in [0.25, 0.3) is 5.91 Å². The average molecular weight is 391 g/mol. The van der Waals surface area contributed by atoms with E-state index < -0.39 is 23.3 Å². The number of aromatic hydroxyl groups is 1. The molecule has 1 heterocycles. The first-order chi connectivity index (χ1) is 9.34. The van der Waals surface area contributed by atoms with Crippen molar-refractivity contribution < 1.29 is 24.5 Å². The molecular weight excluding hydrogens is 377 g/mol. The first-order valence-corrected chi connectivity index (χ1v) is 7.03. The van der Waals surface area contributed by atoms with Gasteiger partial charge >= 0.3 is 5.97 Å². The maximum atomic E-state index is 12.2. The van der Waals surface area contributed by atoms with Crippen LogP contribution < -0.4 is 5.32 Å². The molecule has 0 aliphatic carbocycles. The zero-order chi connectivity index (χ0) is 14.9. The summed E-state index contributed by atoms with van der Waals surface area (Å²) in [4.78, 5) is 23.5. The van der Waals surface area contributed by atoms with Gasteiger partial charge in [0.1, 0.15) is 11.2 Å². The minimum absolute atomic E-state index is 0.0472. The molecule has 2 atom stereocenters. The van der Waals surface area contributed by atoms with Crippen molar-refractivity contribution in [2.24, 2.45) is 5.41 Å². The fraction of sp³-hybridized carbons (Fsp3) is 0.385. The summed E-state index contributed by atoms with van der Waals surface area (Å²) in [6.45, 7) is 1.71. The maximum absolute atomic E-state index is 12.2. The fourth-order valence-corrected chi connectivity index (χ4v) is 2.50. The van der Waals surface area contributed by atoms with E-state index in [9.17, 15) is 19.8 Å². The summed E-state index contributed by atoms with van der Waals surface area (Å²) in [5, 5.41) is 21.6. The molecule has 1 aliphatic rings. The molecule has 0 radical (unpaired) electrons. The minimum atomic E-state index is -1.16. The summed E-state index contributed by atoms with van der Waals surface area (Å²) in [5.74, 6) is -1.67. The quantitative estimate of drug-likeness (QED) is 0.674. The molecule has 1 fully saturated rings. The number of amides is 1. The van der Waals surface area contributed by atoms with Crippen LogP contribution in [0.25, 0.3) is 0 Å². The van der Waals surface area contributed by atoms with Crippen LogP contribution in [0.5, 0.6) is 5.75 Å². The molecule has 1 saturated heterocycles. The predicted octanol–water partition coefficient (Wildman–Crippen LogP) is 1.22. The predicted molar refractivity (Wildman–Crippen MR) is 78.6 cm³/mol. The van der Waals surface area contributed by atoms with Crippen molar-refractivity contribution in [1.29, 1.82) is 0 Å². The molecule has 1 aromatic rings. The molecule has 3 N–H and O–H groups in total. The molecule has 20 heavy (non-hydrogen) atoms. The number of rotatable bonds is 3. The Balaban J connectivity index is 2.19. The van der Waals surface area contributed by atoms with Crippen LogP contribution in [0.1, 0.15) is 17.3 Å². The van der Waals surface area contributed by atoms with Crippen LogP contribution in [0.4, 0.5) is 0 Å². The van der Waals surface area contributed by atoms with Crippen LogP contribution in [-0.2, 0) is 9.53 Å². The Hall–Kier alpha value is -1.35. The first kappa shape index (κ1) is 15.0. The molecule has 7 heteroatoms. The molecule has 1 aliphatic heterocycles. The lowest BCUT2D eigenvalue weighted by atomic mass is 9.85. The SMILES string of the molecule is CC1(C(=O)O)COCC1NC(=O)c1cc(I)ccc1O. The molecule has 0 aromatic heterocycles. The van der Waals surface area contributed by atoms with Gasteiger partial charge in [-0.3, -0.25) is 9.59 Å². The zero-order valence-corrected chi connectivity index (χ0v) is 12.9. The highest BCUT2D eigenvalue weighted by atomic mass is 127. The summed E-state index contributed by atoms with van der Waals surface area (Å²) < 4.78 is 5.97. The summed E-state index contributed by atoms with van der Waals surface area (Å²) in [7, 11) is 0. The van der Waals surface area contributed by atoms with Crippen molar-refractivity contribution in [3.05, 3.63) is 27.3 Å². The lowest BCUT2D eigenvalue weighted by Crippen LogP contribution is -2.49. The van der Waals surface area contributed by atoms with Crippen molar-refractivity contribution in [2.45, 2.75) is 13.0 Å². The van der Waals surface area contributed by atoms with E-state index in [4.69, 9.17) is 4.74 Å². The molecule has 0 saturated carbocycles. The van der Waals surface area contributed by atoms with Crippen molar-refractivity contribution in [1.82, 2.24) is 5.32 Å². The summed E-state index contributed by atoms with van der Waals surface area (Å²) in [6, 6.07) is 4.01. The van der Waals surface area contributed by atoms with E-state index in [1.807, 2.05) is 22.6 Å². The van der Waals surface area contributed by atoms with Crippen LogP contribution >= 0.6 is 22.6 Å². The van der Waals surface area contributed by atoms with Gasteiger partial charge in [-0.05, 0) is 47.7 Å². The maximum Gasteiger partial charge on any atom is 0.313 e. The van der Waals surface area contributed by atoms with Crippen LogP contribution in [0.2, 0.25) is 0 Å². The average Bonchev–Trinajstić information content (AvgIpc) is 2.75. The van der Waals surface area contributed by atoms with E-state index in [2.05, 4.69) is 5.32 Å². The summed E-state index contributed by atoms with van der Waals surface area (Å²) >= 11 is 2.03. The van der Waals surface area contributed by atoms with Crippen LogP contribution in [0.15, 0.2) is 18.2 Å². The van der Waals surface area contributed by atoms with Crippen molar-refractivity contribution in [2.75, 3.05) is 13.2 Å². The second-order valence-electron chi connectivity index (χ2n) is 4.93. The van der Waals surface area contributed by atoms with Crippen LogP contribution in [-0.4, -0.2) is 41.3 Å². The summed E-state index contributed by atoms with van der Waals surface area (Å²) in [5.41, 5.74) is -1.04. The number of phenolic OH excluding ortho intramolecular Hbond substituents is 1. The lowest BCUT2D eigenvalue weighted by Gasteiger charge is -2.25. The third-order valence-electron chi connectivity index (χ3n) is 3.45. The number of hydrogen-bond acceptors (Lipinski definition) is 4. The van der Waals surface area contributed by atoms with Gasteiger partial charge in [0.2, 0.25) is 0 Å². The number of carbonyl (C=O) groups is 2.